The van der Waals surface area contributed by atoms with E-state index in [-0.39, 0.29) is 0 Å². The van der Waals surface area contributed by atoms with Gasteiger partial charge < -0.3 is 8.83 Å². The molecule has 0 aliphatic rings. The van der Waals surface area contributed by atoms with E-state index in [4.69, 9.17) is 18.8 Å². The highest BCUT2D eigenvalue weighted by atomic mass is 16.3. The van der Waals surface area contributed by atoms with E-state index < -0.39 is 0 Å². The Kier molecular flexibility index (Phi) is 6.42. The summed E-state index contributed by atoms with van der Waals surface area (Å²) in [6.07, 6.45) is 3.67. The Balaban J connectivity index is 1.21. The summed E-state index contributed by atoms with van der Waals surface area (Å²) in [5.74, 6) is 0.650. The summed E-state index contributed by atoms with van der Waals surface area (Å²) in [7, 11) is 0. The molecule has 0 aliphatic heterocycles. The van der Waals surface area contributed by atoms with Crippen LogP contribution in [0.5, 0.6) is 0 Å². The van der Waals surface area contributed by atoms with Gasteiger partial charge >= 0.3 is 0 Å². The third-order valence-corrected chi connectivity index (χ3v) is 9.43. The van der Waals surface area contributed by atoms with Crippen LogP contribution in [0.4, 0.5) is 0 Å². The van der Waals surface area contributed by atoms with Gasteiger partial charge in [-0.25, -0.2) is 9.97 Å². The van der Waals surface area contributed by atoms with Crippen molar-refractivity contribution in [2.75, 3.05) is 0 Å². The molecule has 0 atom stereocenters. The lowest BCUT2D eigenvalue weighted by molar-refractivity contribution is 0.668. The molecule has 0 spiro atoms. The van der Waals surface area contributed by atoms with E-state index in [0.29, 0.717) is 5.82 Å². The van der Waals surface area contributed by atoms with Gasteiger partial charge in [-0.3, -0.25) is 4.98 Å². The van der Waals surface area contributed by atoms with E-state index in [9.17, 15) is 0 Å². The van der Waals surface area contributed by atoms with Crippen molar-refractivity contribution < 1.29 is 8.83 Å². The summed E-state index contributed by atoms with van der Waals surface area (Å²) in [6, 6.07) is 51.7. The smallest absolute Gasteiger partial charge is 0.160 e. The Morgan fingerprint density at radius 3 is 1.84 bits per heavy atom. The molecule has 0 fully saturated rings. The van der Waals surface area contributed by atoms with Crippen LogP contribution in [-0.2, 0) is 0 Å². The number of benzene rings is 6. The molecule has 4 heterocycles. The van der Waals surface area contributed by atoms with Crippen molar-refractivity contribution in [3.05, 3.63) is 164 Å². The van der Waals surface area contributed by atoms with Crippen LogP contribution < -0.4 is 0 Å². The molecule has 0 unspecified atom stereocenters. The van der Waals surface area contributed by atoms with E-state index in [1.807, 2.05) is 72.9 Å². The highest BCUT2D eigenvalue weighted by molar-refractivity contribution is 6.21. The van der Waals surface area contributed by atoms with Crippen LogP contribution >= 0.6 is 0 Å². The molecular formula is C45H27N3O2. The second-order valence-corrected chi connectivity index (χ2v) is 12.4. The van der Waals surface area contributed by atoms with Gasteiger partial charge in [-0.05, 0) is 58.7 Å². The molecule has 4 aromatic heterocycles. The standard InChI is InChI=1S/C45H27N3O2/c1-2-10-30(11-3-1)45-47-37(29-21-19-28(20-22-29)31-12-9-25-46-27-31)26-38(48-45)34-24-23-33(43-36-14-5-7-17-40(36)50-44(34)43)32-15-8-18-41-42(32)35-13-4-6-16-39(35)49-41/h1-27H. The van der Waals surface area contributed by atoms with Crippen LogP contribution in [0.15, 0.2) is 173 Å². The zero-order chi connectivity index (χ0) is 33.0. The fourth-order valence-electron chi connectivity index (χ4n) is 7.07. The molecule has 50 heavy (non-hydrogen) atoms. The minimum atomic E-state index is 0.650. The van der Waals surface area contributed by atoms with Gasteiger partial charge in [0, 0.05) is 50.6 Å². The van der Waals surface area contributed by atoms with E-state index in [1.165, 1.54) is 0 Å². The lowest BCUT2D eigenvalue weighted by atomic mass is 9.93. The molecular weight excluding hydrogens is 615 g/mol. The molecule has 6 aromatic carbocycles. The van der Waals surface area contributed by atoms with Crippen molar-refractivity contribution in [3.8, 4) is 56.2 Å². The quantitative estimate of drug-likeness (QED) is 0.187. The summed E-state index contributed by atoms with van der Waals surface area (Å²) in [5, 5.41) is 4.27. The van der Waals surface area contributed by atoms with Gasteiger partial charge in [0.25, 0.3) is 0 Å². The van der Waals surface area contributed by atoms with Gasteiger partial charge in [-0.1, -0.05) is 115 Å². The van der Waals surface area contributed by atoms with Gasteiger partial charge in [-0.2, -0.15) is 0 Å². The largest absolute Gasteiger partial charge is 0.456 e. The van der Waals surface area contributed by atoms with Crippen LogP contribution in [0.2, 0.25) is 0 Å². The van der Waals surface area contributed by atoms with Crippen LogP contribution in [0.25, 0.3) is 100 Å². The van der Waals surface area contributed by atoms with Crippen molar-refractivity contribution in [2.24, 2.45) is 0 Å². The minimum Gasteiger partial charge on any atom is -0.456 e. The SMILES string of the molecule is c1ccc(-c2nc(-c3ccc(-c4cccnc4)cc3)cc(-c3ccc(-c4cccc5oc6ccccc6c45)c4c3oc3ccccc34)n2)cc1. The van der Waals surface area contributed by atoms with Crippen molar-refractivity contribution in [3.63, 3.8) is 0 Å². The number of fused-ring (bicyclic) bond motifs is 6. The third kappa shape index (κ3) is 4.60. The van der Waals surface area contributed by atoms with E-state index in [1.54, 1.807) is 6.20 Å². The van der Waals surface area contributed by atoms with Crippen molar-refractivity contribution in [1.29, 1.82) is 0 Å². The highest BCUT2D eigenvalue weighted by Gasteiger charge is 2.22. The Morgan fingerprint density at radius 1 is 0.400 bits per heavy atom. The van der Waals surface area contributed by atoms with E-state index >= 15 is 0 Å². The molecule has 0 saturated carbocycles. The average molecular weight is 642 g/mol. The maximum absolute atomic E-state index is 6.75. The first-order valence-electron chi connectivity index (χ1n) is 16.6. The zero-order valence-corrected chi connectivity index (χ0v) is 26.7. The zero-order valence-electron chi connectivity index (χ0n) is 26.7. The van der Waals surface area contributed by atoms with Crippen LogP contribution in [0.1, 0.15) is 0 Å². The number of furan rings is 2. The molecule has 0 bridgehead atoms. The lowest BCUT2D eigenvalue weighted by Crippen LogP contribution is -1.96. The Hall–Kier alpha value is -6.85. The fraction of sp³-hybridized carbons (Fsp3) is 0. The van der Waals surface area contributed by atoms with Crippen LogP contribution in [0.3, 0.4) is 0 Å². The maximum Gasteiger partial charge on any atom is 0.160 e. The topological polar surface area (TPSA) is 65.0 Å². The number of aromatic nitrogens is 3. The molecule has 5 heteroatoms. The van der Waals surface area contributed by atoms with E-state index in [2.05, 4.69) is 89.9 Å². The first-order valence-corrected chi connectivity index (χ1v) is 16.6. The number of rotatable bonds is 5. The summed E-state index contributed by atoms with van der Waals surface area (Å²) in [6.45, 7) is 0. The number of nitrogens with zero attached hydrogens (tertiary/aromatic N) is 3. The summed E-state index contributed by atoms with van der Waals surface area (Å²) in [5.41, 5.74) is 12.1. The van der Waals surface area contributed by atoms with Crippen molar-refractivity contribution in [1.82, 2.24) is 15.0 Å². The maximum atomic E-state index is 6.75. The number of pyridine rings is 1. The van der Waals surface area contributed by atoms with Gasteiger partial charge in [0.1, 0.15) is 22.3 Å². The highest BCUT2D eigenvalue weighted by Crippen LogP contribution is 2.45. The molecule has 234 valence electrons. The lowest BCUT2D eigenvalue weighted by Gasteiger charge is -2.12. The molecule has 10 rings (SSSR count). The molecule has 0 aliphatic carbocycles. The van der Waals surface area contributed by atoms with E-state index in [0.717, 1.165) is 94.2 Å². The van der Waals surface area contributed by atoms with Gasteiger partial charge in [0.2, 0.25) is 0 Å². The van der Waals surface area contributed by atoms with Crippen LogP contribution in [-0.4, -0.2) is 15.0 Å². The average Bonchev–Trinajstić information content (AvgIpc) is 3.77. The first-order chi connectivity index (χ1) is 24.8. The third-order valence-electron chi connectivity index (χ3n) is 9.43. The van der Waals surface area contributed by atoms with Crippen molar-refractivity contribution in [2.45, 2.75) is 0 Å². The first kappa shape index (κ1) is 28.2. The molecule has 0 saturated heterocycles. The predicted octanol–water partition coefficient (Wildman–Crippen LogP) is 12.0. The Bertz CT molecular complexity index is 2850. The molecule has 5 nitrogen and oxygen atoms in total. The second kappa shape index (κ2) is 11.4. The predicted molar refractivity (Wildman–Crippen MR) is 202 cm³/mol. The molecule has 0 radical (unpaired) electrons. The molecule has 0 N–H and O–H groups in total. The number of hydrogen-bond donors (Lipinski definition) is 0. The second-order valence-electron chi connectivity index (χ2n) is 12.4. The van der Waals surface area contributed by atoms with Gasteiger partial charge in [-0.15, -0.1) is 0 Å². The Morgan fingerprint density at radius 2 is 1.04 bits per heavy atom. The molecule has 0 amide bonds. The number of para-hydroxylation sites is 2. The monoisotopic (exact) mass is 641 g/mol. The van der Waals surface area contributed by atoms with Crippen molar-refractivity contribution >= 4 is 43.9 Å². The fourth-order valence-corrected chi connectivity index (χ4v) is 7.07. The summed E-state index contributed by atoms with van der Waals surface area (Å²) in [4.78, 5) is 14.5. The normalized spacial score (nSPS) is 11.6. The number of hydrogen-bond acceptors (Lipinski definition) is 5. The summed E-state index contributed by atoms with van der Waals surface area (Å²) < 4.78 is 13.0. The summed E-state index contributed by atoms with van der Waals surface area (Å²) >= 11 is 0. The van der Waals surface area contributed by atoms with Gasteiger partial charge in [0.05, 0.1) is 11.4 Å². The minimum absolute atomic E-state index is 0.650. The van der Waals surface area contributed by atoms with Crippen LogP contribution in [0, 0.1) is 0 Å². The van der Waals surface area contributed by atoms with Gasteiger partial charge in [0.15, 0.2) is 5.82 Å². The molecule has 10 aromatic rings. The Labute approximate surface area is 287 Å².